The second-order valence-electron chi connectivity index (χ2n) is 4.62. The topological polar surface area (TPSA) is 0 Å². The second kappa shape index (κ2) is 5.80. The maximum absolute atomic E-state index is 3.40. The van der Waals surface area contributed by atoms with E-state index in [1.165, 1.54) is 24.8 Å². The molecule has 0 spiro atoms. The molecule has 0 aliphatic carbocycles. The predicted octanol–water partition coefficient (Wildman–Crippen LogP) is 4.54. The Bertz CT molecular complexity index is 140. The van der Waals surface area contributed by atoms with Crippen molar-refractivity contribution in [1.82, 2.24) is 0 Å². The summed E-state index contributed by atoms with van der Waals surface area (Å²) in [5, 5.41) is 0.994. The monoisotopic (exact) mass is 232 g/mol. The Balaban J connectivity index is 3.50. The van der Waals surface area contributed by atoms with E-state index in [0.29, 0.717) is 5.41 Å². The average Bonchev–Trinajstić information content (AvgIpc) is 1.84. The molecule has 1 heteroatoms. The van der Waals surface area contributed by atoms with Crippen LogP contribution in [-0.2, 0) is 0 Å². The van der Waals surface area contributed by atoms with Crippen molar-refractivity contribution in [3.05, 3.63) is 11.6 Å². The van der Waals surface area contributed by atoms with E-state index in [2.05, 4.69) is 49.7 Å². The molecule has 0 atom stereocenters. The average molecular weight is 233 g/mol. The number of allylic oxidation sites excluding steroid dienone is 2. The van der Waals surface area contributed by atoms with Gasteiger partial charge in [0.15, 0.2) is 0 Å². The molecule has 72 valence electrons. The molecule has 0 rings (SSSR count). The van der Waals surface area contributed by atoms with Crippen molar-refractivity contribution in [2.75, 3.05) is 5.33 Å². The third-order valence-corrected chi connectivity index (χ3v) is 2.25. The molecule has 0 saturated heterocycles. The minimum atomic E-state index is 0.495. The molecule has 0 saturated carbocycles. The fourth-order valence-electron chi connectivity index (χ4n) is 1.13. The molecule has 0 aromatic heterocycles. The summed E-state index contributed by atoms with van der Waals surface area (Å²) in [5.74, 6) is 0. The molecule has 0 bridgehead atoms. The van der Waals surface area contributed by atoms with Gasteiger partial charge in [-0.05, 0) is 31.6 Å². The van der Waals surface area contributed by atoms with Crippen molar-refractivity contribution in [2.45, 2.75) is 47.0 Å². The second-order valence-corrected chi connectivity index (χ2v) is 5.27. The third kappa shape index (κ3) is 8.32. The summed E-state index contributed by atoms with van der Waals surface area (Å²) >= 11 is 3.40. The lowest BCUT2D eigenvalue weighted by molar-refractivity contribution is 0.365. The van der Waals surface area contributed by atoms with Crippen LogP contribution in [0.25, 0.3) is 0 Å². The van der Waals surface area contributed by atoms with E-state index in [1.807, 2.05) is 0 Å². The Hall–Kier alpha value is 0.220. The van der Waals surface area contributed by atoms with Crippen LogP contribution in [0.3, 0.4) is 0 Å². The van der Waals surface area contributed by atoms with Crippen molar-refractivity contribution >= 4 is 15.9 Å². The zero-order valence-electron chi connectivity index (χ0n) is 8.78. The zero-order valence-corrected chi connectivity index (χ0v) is 10.4. The number of halogens is 1. The quantitative estimate of drug-likeness (QED) is 0.493. The SMILES string of the molecule is CC(=CCBr)CCCC(C)(C)C. The van der Waals surface area contributed by atoms with Gasteiger partial charge in [-0.3, -0.25) is 0 Å². The van der Waals surface area contributed by atoms with Crippen LogP contribution in [0.15, 0.2) is 11.6 Å². The molecular formula is C11H21Br. The standard InChI is InChI=1S/C11H21Br/c1-10(7-9-12)6-5-8-11(2,3)4/h7H,5-6,8-9H2,1-4H3. The number of rotatable bonds is 4. The maximum Gasteiger partial charge on any atom is 0.0214 e. The molecular weight excluding hydrogens is 212 g/mol. The zero-order chi connectivity index (χ0) is 9.61. The molecule has 0 aromatic carbocycles. The van der Waals surface area contributed by atoms with Gasteiger partial charge in [0.2, 0.25) is 0 Å². The summed E-state index contributed by atoms with van der Waals surface area (Å²) < 4.78 is 0. The first-order valence-corrected chi connectivity index (χ1v) is 5.79. The van der Waals surface area contributed by atoms with E-state index < -0.39 is 0 Å². The first kappa shape index (κ1) is 12.2. The molecule has 0 heterocycles. The molecule has 0 nitrogen and oxygen atoms in total. The minimum absolute atomic E-state index is 0.495. The van der Waals surface area contributed by atoms with Crippen molar-refractivity contribution in [3.8, 4) is 0 Å². The largest absolute Gasteiger partial charge is 0.0883 e. The van der Waals surface area contributed by atoms with Gasteiger partial charge in [0.1, 0.15) is 0 Å². The van der Waals surface area contributed by atoms with Crippen LogP contribution in [0, 0.1) is 5.41 Å². The van der Waals surface area contributed by atoms with E-state index in [4.69, 9.17) is 0 Å². The summed E-state index contributed by atoms with van der Waals surface area (Å²) in [4.78, 5) is 0. The maximum atomic E-state index is 3.40. The molecule has 0 radical (unpaired) electrons. The lowest BCUT2D eigenvalue weighted by Crippen LogP contribution is -2.04. The van der Waals surface area contributed by atoms with Crippen LogP contribution in [0.4, 0.5) is 0 Å². The first-order chi connectivity index (χ1) is 5.45. The summed E-state index contributed by atoms with van der Waals surface area (Å²) in [6.07, 6.45) is 6.14. The summed E-state index contributed by atoms with van der Waals surface area (Å²) in [7, 11) is 0. The Morgan fingerprint density at radius 1 is 1.33 bits per heavy atom. The Morgan fingerprint density at radius 2 is 1.92 bits per heavy atom. The Labute approximate surface area is 85.6 Å². The number of hydrogen-bond acceptors (Lipinski definition) is 0. The molecule has 12 heavy (non-hydrogen) atoms. The third-order valence-electron chi connectivity index (χ3n) is 1.92. The molecule has 0 aromatic rings. The Kier molecular flexibility index (Phi) is 5.90. The molecule has 0 unspecified atom stereocenters. The van der Waals surface area contributed by atoms with Gasteiger partial charge in [-0.2, -0.15) is 0 Å². The minimum Gasteiger partial charge on any atom is -0.0883 e. The number of alkyl halides is 1. The Morgan fingerprint density at radius 3 is 2.33 bits per heavy atom. The van der Waals surface area contributed by atoms with Crippen LogP contribution in [-0.4, -0.2) is 5.33 Å². The van der Waals surface area contributed by atoms with E-state index in [1.54, 1.807) is 0 Å². The highest BCUT2D eigenvalue weighted by Gasteiger charge is 2.08. The predicted molar refractivity (Wildman–Crippen MR) is 60.9 cm³/mol. The van der Waals surface area contributed by atoms with Crippen molar-refractivity contribution in [1.29, 1.82) is 0 Å². The molecule has 0 amide bonds. The van der Waals surface area contributed by atoms with Gasteiger partial charge in [-0.1, -0.05) is 48.4 Å². The highest BCUT2D eigenvalue weighted by atomic mass is 79.9. The lowest BCUT2D eigenvalue weighted by Gasteiger charge is -2.17. The van der Waals surface area contributed by atoms with Gasteiger partial charge in [-0.15, -0.1) is 0 Å². The van der Waals surface area contributed by atoms with Gasteiger partial charge in [-0.25, -0.2) is 0 Å². The van der Waals surface area contributed by atoms with Gasteiger partial charge in [0, 0.05) is 5.33 Å². The van der Waals surface area contributed by atoms with Crippen molar-refractivity contribution < 1.29 is 0 Å². The van der Waals surface area contributed by atoms with E-state index in [0.717, 1.165) is 5.33 Å². The van der Waals surface area contributed by atoms with Crippen LogP contribution >= 0.6 is 15.9 Å². The van der Waals surface area contributed by atoms with Crippen LogP contribution < -0.4 is 0 Å². The normalized spacial score (nSPS) is 13.6. The molecule has 0 aliphatic heterocycles. The van der Waals surface area contributed by atoms with E-state index in [9.17, 15) is 0 Å². The highest BCUT2D eigenvalue weighted by Crippen LogP contribution is 2.22. The van der Waals surface area contributed by atoms with Crippen molar-refractivity contribution in [2.24, 2.45) is 5.41 Å². The smallest absolute Gasteiger partial charge is 0.0214 e. The summed E-state index contributed by atoms with van der Waals surface area (Å²) in [6, 6.07) is 0. The summed E-state index contributed by atoms with van der Waals surface area (Å²) in [6.45, 7) is 9.12. The number of hydrogen-bond donors (Lipinski definition) is 0. The van der Waals surface area contributed by atoms with E-state index in [-0.39, 0.29) is 0 Å². The first-order valence-electron chi connectivity index (χ1n) is 4.67. The fourth-order valence-corrected chi connectivity index (χ4v) is 1.68. The van der Waals surface area contributed by atoms with Crippen LogP contribution in [0.1, 0.15) is 47.0 Å². The van der Waals surface area contributed by atoms with Gasteiger partial charge >= 0.3 is 0 Å². The lowest BCUT2D eigenvalue weighted by atomic mass is 9.89. The summed E-state index contributed by atoms with van der Waals surface area (Å²) in [5.41, 5.74) is 2.01. The van der Waals surface area contributed by atoms with Gasteiger partial charge < -0.3 is 0 Å². The van der Waals surface area contributed by atoms with Gasteiger partial charge in [0.25, 0.3) is 0 Å². The highest BCUT2D eigenvalue weighted by molar-refractivity contribution is 9.09. The molecule has 0 N–H and O–H groups in total. The van der Waals surface area contributed by atoms with Crippen LogP contribution in [0.5, 0.6) is 0 Å². The fraction of sp³-hybridized carbons (Fsp3) is 0.818. The van der Waals surface area contributed by atoms with Crippen LogP contribution in [0.2, 0.25) is 0 Å². The van der Waals surface area contributed by atoms with Crippen molar-refractivity contribution in [3.63, 3.8) is 0 Å². The van der Waals surface area contributed by atoms with E-state index >= 15 is 0 Å². The molecule has 0 fully saturated rings. The van der Waals surface area contributed by atoms with Gasteiger partial charge in [0.05, 0.1) is 0 Å². The molecule has 0 aliphatic rings.